The maximum atomic E-state index is 11.2. The van der Waals surface area contributed by atoms with Crippen LogP contribution < -0.4 is 21.3 Å². The van der Waals surface area contributed by atoms with Crippen molar-refractivity contribution in [1.29, 1.82) is 0 Å². The van der Waals surface area contributed by atoms with Gasteiger partial charge >= 0.3 is 0 Å². The van der Waals surface area contributed by atoms with Crippen molar-refractivity contribution in [2.24, 2.45) is 16.5 Å². The second-order valence-electron chi connectivity index (χ2n) is 4.38. The number of hydrogen-bond donors (Lipinski definition) is 2. The highest BCUT2D eigenvalue weighted by Crippen LogP contribution is 2.28. The van der Waals surface area contributed by atoms with Crippen LogP contribution in [0.4, 0.5) is 5.69 Å². The molecular formula is C14H20N3O3-. The van der Waals surface area contributed by atoms with E-state index < -0.39 is 5.97 Å². The van der Waals surface area contributed by atoms with Crippen LogP contribution in [-0.2, 0) is 0 Å². The Balaban J connectivity index is 2.84. The van der Waals surface area contributed by atoms with E-state index in [0.29, 0.717) is 6.61 Å². The third kappa shape index (κ3) is 4.79. The van der Waals surface area contributed by atoms with E-state index in [1.807, 2.05) is 0 Å². The summed E-state index contributed by atoms with van der Waals surface area (Å²) in [5.74, 6) is -1.36. The molecule has 0 atom stereocenters. The zero-order valence-corrected chi connectivity index (χ0v) is 11.6. The Labute approximate surface area is 118 Å². The van der Waals surface area contributed by atoms with Gasteiger partial charge in [-0.25, -0.2) is 4.99 Å². The first-order valence-corrected chi connectivity index (χ1v) is 6.63. The van der Waals surface area contributed by atoms with Gasteiger partial charge in [-0.1, -0.05) is 32.3 Å². The first kappa shape index (κ1) is 15.8. The number of aromatic carboxylic acids is 1. The molecule has 0 radical (unpaired) electrons. The third-order valence-electron chi connectivity index (χ3n) is 2.71. The number of carboxylic acid groups (broad SMARTS) is 1. The van der Waals surface area contributed by atoms with Crippen molar-refractivity contribution < 1.29 is 14.6 Å². The summed E-state index contributed by atoms with van der Waals surface area (Å²) >= 11 is 0. The highest BCUT2D eigenvalue weighted by molar-refractivity contribution is 5.96. The van der Waals surface area contributed by atoms with Crippen LogP contribution in [0, 0.1) is 0 Å². The van der Waals surface area contributed by atoms with Crippen LogP contribution in [-0.4, -0.2) is 18.5 Å². The molecule has 0 spiro atoms. The summed E-state index contributed by atoms with van der Waals surface area (Å²) in [4.78, 5) is 15.0. The molecule has 0 aliphatic heterocycles. The van der Waals surface area contributed by atoms with Crippen molar-refractivity contribution in [3.8, 4) is 5.75 Å². The fourth-order valence-corrected chi connectivity index (χ4v) is 1.79. The molecule has 110 valence electrons. The molecule has 0 saturated carbocycles. The predicted octanol–water partition coefficient (Wildman–Crippen LogP) is 0.914. The van der Waals surface area contributed by atoms with E-state index in [4.69, 9.17) is 16.2 Å². The van der Waals surface area contributed by atoms with Crippen LogP contribution in [0.2, 0.25) is 0 Å². The quantitative estimate of drug-likeness (QED) is 0.417. The molecule has 0 aliphatic rings. The van der Waals surface area contributed by atoms with Gasteiger partial charge in [0.2, 0.25) is 0 Å². The lowest BCUT2D eigenvalue weighted by Crippen LogP contribution is -2.25. The Morgan fingerprint density at radius 3 is 2.65 bits per heavy atom. The fraction of sp³-hybridized carbons (Fsp3) is 0.429. The average molecular weight is 278 g/mol. The molecule has 20 heavy (non-hydrogen) atoms. The van der Waals surface area contributed by atoms with Crippen LogP contribution >= 0.6 is 0 Å². The summed E-state index contributed by atoms with van der Waals surface area (Å²) in [6.07, 6.45) is 4.17. The Bertz CT molecular complexity index is 483. The fourth-order valence-electron chi connectivity index (χ4n) is 1.79. The number of carbonyl (C=O) groups excluding carboxylic acids is 1. The zero-order valence-electron chi connectivity index (χ0n) is 11.6. The lowest BCUT2D eigenvalue weighted by Gasteiger charge is -2.14. The van der Waals surface area contributed by atoms with Crippen LogP contribution in [0.5, 0.6) is 5.75 Å². The van der Waals surface area contributed by atoms with Crippen LogP contribution in [0.1, 0.15) is 43.0 Å². The van der Waals surface area contributed by atoms with Crippen molar-refractivity contribution in [1.82, 2.24) is 0 Å². The summed E-state index contributed by atoms with van der Waals surface area (Å²) in [6.45, 7) is 2.57. The number of aliphatic imine (C=N–C) groups is 1. The Hall–Kier alpha value is -2.24. The molecule has 0 aromatic heterocycles. The SMILES string of the molecule is CCCCCCOc1cccc(N=C(N)N)c1C(=O)[O-]. The number of carbonyl (C=O) groups is 1. The summed E-state index contributed by atoms with van der Waals surface area (Å²) in [7, 11) is 0. The van der Waals surface area contributed by atoms with Crippen molar-refractivity contribution in [3.05, 3.63) is 23.8 Å². The number of guanidine groups is 1. The van der Waals surface area contributed by atoms with Gasteiger partial charge in [-0.2, -0.15) is 0 Å². The van der Waals surface area contributed by atoms with Crippen molar-refractivity contribution in [2.45, 2.75) is 32.6 Å². The first-order valence-electron chi connectivity index (χ1n) is 6.63. The molecule has 0 heterocycles. The summed E-state index contributed by atoms with van der Waals surface area (Å²) in [5, 5.41) is 11.2. The van der Waals surface area contributed by atoms with Crippen molar-refractivity contribution in [2.75, 3.05) is 6.61 Å². The van der Waals surface area contributed by atoms with Gasteiger partial charge in [0, 0.05) is 0 Å². The van der Waals surface area contributed by atoms with Gasteiger partial charge in [-0.15, -0.1) is 0 Å². The molecule has 6 heteroatoms. The van der Waals surface area contributed by atoms with E-state index in [9.17, 15) is 9.90 Å². The van der Waals surface area contributed by atoms with E-state index in [1.165, 1.54) is 6.07 Å². The standard InChI is InChI=1S/C14H21N3O3/c1-2-3-4-5-9-20-11-8-6-7-10(17-14(15)16)12(11)13(18)19/h6-8H,2-5,9H2,1H3,(H,18,19)(H4,15,16,17)/p-1. The maximum Gasteiger partial charge on any atom is 0.191 e. The second kappa shape index (κ2) is 8.04. The molecule has 0 amide bonds. The Morgan fingerprint density at radius 2 is 2.05 bits per heavy atom. The van der Waals surface area contributed by atoms with Gasteiger partial charge in [0.05, 0.1) is 23.8 Å². The lowest BCUT2D eigenvalue weighted by molar-refractivity contribution is -0.255. The number of benzene rings is 1. The monoisotopic (exact) mass is 278 g/mol. The summed E-state index contributed by atoms with van der Waals surface area (Å²) < 4.78 is 5.50. The maximum absolute atomic E-state index is 11.2. The third-order valence-corrected chi connectivity index (χ3v) is 2.71. The molecule has 0 bridgehead atoms. The molecule has 0 unspecified atom stereocenters. The molecule has 0 fully saturated rings. The number of nitrogens with two attached hydrogens (primary N) is 2. The molecular weight excluding hydrogens is 258 g/mol. The van der Waals surface area contributed by atoms with E-state index in [0.717, 1.165) is 25.7 Å². The van der Waals surface area contributed by atoms with Crippen molar-refractivity contribution >= 4 is 17.6 Å². The molecule has 1 aromatic carbocycles. The lowest BCUT2D eigenvalue weighted by atomic mass is 10.1. The highest BCUT2D eigenvalue weighted by atomic mass is 16.5. The number of nitrogens with zero attached hydrogens (tertiary/aromatic N) is 1. The van der Waals surface area contributed by atoms with Gasteiger partial charge in [0.25, 0.3) is 0 Å². The number of carboxylic acids is 1. The number of unbranched alkanes of at least 4 members (excludes halogenated alkanes) is 3. The van der Waals surface area contributed by atoms with Gasteiger partial charge in [0.1, 0.15) is 5.75 Å². The first-order chi connectivity index (χ1) is 9.56. The van der Waals surface area contributed by atoms with E-state index >= 15 is 0 Å². The molecule has 0 aliphatic carbocycles. The minimum absolute atomic E-state index is 0.128. The second-order valence-corrected chi connectivity index (χ2v) is 4.38. The molecule has 4 N–H and O–H groups in total. The van der Waals surface area contributed by atoms with Gasteiger partial charge < -0.3 is 26.1 Å². The van der Waals surface area contributed by atoms with Crippen LogP contribution in [0.3, 0.4) is 0 Å². The smallest absolute Gasteiger partial charge is 0.191 e. The zero-order chi connectivity index (χ0) is 15.0. The number of hydrogen-bond acceptors (Lipinski definition) is 4. The van der Waals surface area contributed by atoms with Gasteiger partial charge in [0.15, 0.2) is 5.96 Å². The predicted molar refractivity (Wildman–Crippen MR) is 75.9 cm³/mol. The van der Waals surface area contributed by atoms with Crippen LogP contribution in [0.25, 0.3) is 0 Å². The molecule has 1 aromatic rings. The molecule has 1 rings (SSSR count). The Morgan fingerprint density at radius 1 is 1.30 bits per heavy atom. The van der Waals surface area contributed by atoms with Gasteiger partial charge in [-0.05, 0) is 18.6 Å². The molecule has 6 nitrogen and oxygen atoms in total. The minimum Gasteiger partial charge on any atom is -0.545 e. The number of rotatable bonds is 8. The highest BCUT2D eigenvalue weighted by Gasteiger charge is 2.10. The average Bonchev–Trinajstić information content (AvgIpc) is 2.37. The molecule has 0 saturated heterocycles. The largest absolute Gasteiger partial charge is 0.545 e. The normalized spacial score (nSPS) is 10.1. The van der Waals surface area contributed by atoms with E-state index in [2.05, 4.69) is 11.9 Å². The summed E-state index contributed by atoms with van der Waals surface area (Å²) in [5.41, 5.74) is 10.6. The van der Waals surface area contributed by atoms with Crippen molar-refractivity contribution in [3.63, 3.8) is 0 Å². The minimum atomic E-state index is -1.37. The van der Waals surface area contributed by atoms with E-state index in [-0.39, 0.29) is 23.0 Å². The number of ether oxygens (including phenoxy) is 1. The Kier molecular flexibility index (Phi) is 6.36. The van der Waals surface area contributed by atoms with E-state index in [1.54, 1.807) is 12.1 Å². The topological polar surface area (TPSA) is 114 Å². The summed E-state index contributed by atoms with van der Waals surface area (Å²) in [6, 6.07) is 4.70. The van der Waals surface area contributed by atoms with Gasteiger partial charge in [-0.3, -0.25) is 0 Å². The van der Waals surface area contributed by atoms with Crippen LogP contribution in [0.15, 0.2) is 23.2 Å².